The fraction of sp³-hybridized carbons (Fsp3) is 0.318. The quantitative estimate of drug-likeness (QED) is 0.515. The van der Waals surface area contributed by atoms with Gasteiger partial charge in [-0.1, -0.05) is 55.8 Å². The summed E-state index contributed by atoms with van der Waals surface area (Å²) < 4.78 is 5.96. The van der Waals surface area contributed by atoms with Crippen molar-refractivity contribution in [2.75, 3.05) is 6.61 Å². The lowest BCUT2D eigenvalue weighted by atomic mass is 9.88. The Morgan fingerprint density at radius 3 is 2.58 bits per heavy atom. The van der Waals surface area contributed by atoms with Crippen molar-refractivity contribution in [1.82, 2.24) is 0 Å². The summed E-state index contributed by atoms with van der Waals surface area (Å²) in [6.45, 7) is 4.57. The smallest absolute Gasteiger partial charge is 0.159 e. The predicted octanol–water partition coefficient (Wildman–Crippen LogP) is 5.55. The molecule has 2 nitrogen and oxygen atoms in total. The van der Waals surface area contributed by atoms with E-state index in [-0.39, 0.29) is 5.78 Å². The van der Waals surface area contributed by atoms with Gasteiger partial charge in [0.2, 0.25) is 0 Å². The molecule has 3 rings (SSSR count). The molecule has 0 saturated heterocycles. The summed E-state index contributed by atoms with van der Waals surface area (Å²) in [5, 5.41) is 0. The van der Waals surface area contributed by atoms with E-state index in [4.69, 9.17) is 4.74 Å². The summed E-state index contributed by atoms with van der Waals surface area (Å²) in [6.07, 6.45) is 6.50. The van der Waals surface area contributed by atoms with E-state index >= 15 is 0 Å². The zero-order chi connectivity index (χ0) is 16.9. The lowest BCUT2D eigenvalue weighted by molar-refractivity contribution is 0.101. The zero-order valence-electron chi connectivity index (χ0n) is 14.5. The predicted molar refractivity (Wildman–Crippen MR) is 99.5 cm³/mol. The van der Waals surface area contributed by atoms with E-state index < -0.39 is 0 Å². The van der Waals surface area contributed by atoms with Gasteiger partial charge in [-0.15, -0.1) is 0 Å². The molecule has 2 heteroatoms. The third-order valence-corrected chi connectivity index (χ3v) is 4.56. The summed E-state index contributed by atoms with van der Waals surface area (Å²) in [6, 6.07) is 14.2. The Labute approximate surface area is 144 Å². The number of hydrogen-bond acceptors (Lipinski definition) is 2. The van der Waals surface area contributed by atoms with E-state index in [0.29, 0.717) is 0 Å². The molecule has 0 amide bonds. The van der Waals surface area contributed by atoms with Crippen LogP contribution >= 0.6 is 0 Å². The van der Waals surface area contributed by atoms with Crippen molar-refractivity contribution in [3.05, 3.63) is 64.7 Å². The number of ketones is 1. The van der Waals surface area contributed by atoms with E-state index in [0.717, 1.165) is 43.6 Å². The van der Waals surface area contributed by atoms with Crippen molar-refractivity contribution in [2.45, 2.75) is 39.5 Å². The van der Waals surface area contributed by atoms with Gasteiger partial charge in [0.05, 0.1) is 6.61 Å². The highest BCUT2D eigenvalue weighted by Gasteiger charge is 2.16. The molecule has 1 aliphatic carbocycles. The molecule has 0 aromatic heterocycles. The second kappa shape index (κ2) is 7.48. The molecule has 0 N–H and O–H groups in total. The first-order chi connectivity index (χ1) is 11.7. The third kappa shape index (κ3) is 3.59. The second-order valence-electron chi connectivity index (χ2n) is 6.33. The lowest BCUT2D eigenvalue weighted by Gasteiger charge is -2.20. The number of rotatable bonds is 6. The summed E-state index contributed by atoms with van der Waals surface area (Å²) in [4.78, 5) is 11.4. The molecule has 0 heterocycles. The number of hydrogen-bond donors (Lipinski definition) is 0. The Kier molecular flexibility index (Phi) is 5.14. The maximum absolute atomic E-state index is 11.4. The largest absolute Gasteiger partial charge is 0.493 e. The molecule has 0 atom stereocenters. The summed E-state index contributed by atoms with van der Waals surface area (Å²) in [7, 11) is 0. The summed E-state index contributed by atoms with van der Waals surface area (Å²) >= 11 is 0. The first kappa shape index (κ1) is 16.5. The number of carbonyl (C=O) groups is 1. The molecule has 124 valence electrons. The van der Waals surface area contributed by atoms with E-state index in [1.165, 1.54) is 22.3 Å². The average molecular weight is 320 g/mol. The molecular weight excluding hydrogens is 296 g/mol. The molecule has 0 saturated carbocycles. The molecule has 1 aliphatic rings. The topological polar surface area (TPSA) is 26.3 Å². The van der Waals surface area contributed by atoms with Gasteiger partial charge in [-0.3, -0.25) is 4.79 Å². The highest BCUT2D eigenvalue weighted by molar-refractivity contribution is 5.94. The fourth-order valence-corrected chi connectivity index (χ4v) is 3.11. The van der Waals surface area contributed by atoms with Crippen LogP contribution < -0.4 is 4.74 Å². The van der Waals surface area contributed by atoms with Gasteiger partial charge in [-0.05, 0) is 49.0 Å². The van der Waals surface area contributed by atoms with Gasteiger partial charge in [0, 0.05) is 11.1 Å². The van der Waals surface area contributed by atoms with Crippen LogP contribution in [-0.2, 0) is 6.42 Å². The Bertz CT molecular complexity index is 754. The maximum atomic E-state index is 11.4. The Morgan fingerprint density at radius 2 is 1.88 bits per heavy atom. The average Bonchev–Trinajstić information content (AvgIpc) is 2.61. The van der Waals surface area contributed by atoms with Crippen molar-refractivity contribution in [3.63, 3.8) is 0 Å². The van der Waals surface area contributed by atoms with Crippen molar-refractivity contribution in [2.24, 2.45) is 0 Å². The first-order valence-corrected chi connectivity index (χ1v) is 8.75. The van der Waals surface area contributed by atoms with Gasteiger partial charge in [0.15, 0.2) is 5.78 Å². The first-order valence-electron chi connectivity index (χ1n) is 8.75. The number of unbranched alkanes of at least 4 members (excludes halogenated alkanes) is 1. The number of Topliss-reactive ketones (excluding diaryl/α,β-unsaturated/α-hetero) is 1. The van der Waals surface area contributed by atoms with Crippen molar-refractivity contribution >= 4 is 17.4 Å². The normalized spacial score (nSPS) is 13.2. The standard InChI is InChI=1S/C22H24O2/c1-3-4-14-24-22-7-5-6-20-15-19(12-13-21(20)22)18-10-8-17(9-11-18)16(2)23/h5-11,15H,3-4,12-14H2,1-2H3. The van der Waals surface area contributed by atoms with Gasteiger partial charge in [0.1, 0.15) is 5.75 Å². The Balaban J connectivity index is 1.84. The van der Waals surface area contributed by atoms with Gasteiger partial charge in [-0.2, -0.15) is 0 Å². The summed E-state index contributed by atoms with van der Waals surface area (Å²) in [5.74, 6) is 1.14. The fourth-order valence-electron chi connectivity index (χ4n) is 3.11. The lowest BCUT2D eigenvalue weighted by Crippen LogP contribution is -2.05. The molecule has 0 fully saturated rings. The van der Waals surface area contributed by atoms with Crippen molar-refractivity contribution < 1.29 is 9.53 Å². The minimum atomic E-state index is 0.110. The number of benzene rings is 2. The van der Waals surface area contributed by atoms with Crippen LogP contribution in [0.4, 0.5) is 0 Å². The van der Waals surface area contributed by atoms with E-state index in [9.17, 15) is 4.79 Å². The zero-order valence-corrected chi connectivity index (χ0v) is 14.5. The van der Waals surface area contributed by atoms with Gasteiger partial charge in [-0.25, -0.2) is 0 Å². The number of fused-ring (bicyclic) bond motifs is 1. The van der Waals surface area contributed by atoms with E-state index in [1.807, 2.05) is 12.1 Å². The molecule has 0 spiro atoms. The number of allylic oxidation sites excluding steroid dienone is 1. The third-order valence-electron chi connectivity index (χ3n) is 4.56. The van der Waals surface area contributed by atoms with Crippen LogP contribution in [0.25, 0.3) is 11.6 Å². The Hall–Kier alpha value is -2.35. The van der Waals surface area contributed by atoms with Crippen LogP contribution in [0.15, 0.2) is 42.5 Å². The molecule has 2 aromatic carbocycles. The van der Waals surface area contributed by atoms with Crippen LogP contribution in [0.2, 0.25) is 0 Å². The van der Waals surface area contributed by atoms with Crippen molar-refractivity contribution in [1.29, 1.82) is 0 Å². The minimum Gasteiger partial charge on any atom is -0.493 e. The van der Waals surface area contributed by atoms with Crippen LogP contribution in [0, 0.1) is 0 Å². The van der Waals surface area contributed by atoms with Crippen LogP contribution in [0.5, 0.6) is 5.75 Å². The van der Waals surface area contributed by atoms with Gasteiger partial charge >= 0.3 is 0 Å². The second-order valence-corrected chi connectivity index (χ2v) is 6.33. The van der Waals surface area contributed by atoms with Crippen molar-refractivity contribution in [3.8, 4) is 5.75 Å². The number of carbonyl (C=O) groups excluding carboxylic acids is 1. The minimum absolute atomic E-state index is 0.110. The molecule has 2 aromatic rings. The number of ether oxygens (including phenoxy) is 1. The van der Waals surface area contributed by atoms with Gasteiger partial charge < -0.3 is 4.74 Å². The van der Waals surface area contributed by atoms with E-state index in [2.05, 4.69) is 43.3 Å². The highest BCUT2D eigenvalue weighted by atomic mass is 16.5. The van der Waals surface area contributed by atoms with Gasteiger partial charge in [0.25, 0.3) is 0 Å². The monoisotopic (exact) mass is 320 g/mol. The SMILES string of the molecule is CCCCOc1cccc2c1CCC(c1ccc(C(C)=O)cc1)=C2. The Morgan fingerprint density at radius 1 is 1.08 bits per heavy atom. The van der Waals surface area contributed by atoms with E-state index in [1.54, 1.807) is 6.92 Å². The van der Waals surface area contributed by atoms with Crippen LogP contribution in [0.1, 0.15) is 60.2 Å². The molecule has 0 aliphatic heterocycles. The van der Waals surface area contributed by atoms with Crippen LogP contribution in [0.3, 0.4) is 0 Å². The summed E-state index contributed by atoms with van der Waals surface area (Å²) in [5.41, 5.74) is 5.85. The van der Waals surface area contributed by atoms with Crippen LogP contribution in [-0.4, -0.2) is 12.4 Å². The highest BCUT2D eigenvalue weighted by Crippen LogP contribution is 2.35. The molecule has 24 heavy (non-hydrogen) atoms. The molecular formula is C22H24O2. The molecule has 0 radical (unpaired) electrons. The molecule has 0 bridgehead atoms. The maximum Gasteiger partial charge on any atom is 0.159 e. The molecule has 0 unspecified atom stereocenters.